The van der Waals surface area contributed by atoms with Crippen LogP contribution in [0.5, 0.6) is 0 Å². The van der Waals surface area contributed by atoms with Crippen molar-refractivity contribution in [1.82, 2.24) is 20.0 Å². The quantitative estimate of drug-likeness (QED) is 0.368. The first-order valence-electron chi connectivity index (χ1n) is 8.07. The highest BCUT2D eigenvalue weighted by Gasteiger charge is 2.48. The van der Waals surface area contributed by atoms with Crippen LogP contribution in [-0.4, -0.2) is 41.6 Å². The lowest BCUT2D eigenvalue weighted by Crippen LogP contribution is -2.63. The smallest absolute Gasteiger partial charge is 0.191 e. The SMILES string of the molecule is CN=C(NCc1cn2cc(Br)ccc2n1)NC1CC(OC)C1(C)C.I. The molecule has 1 fully saturated rings. The van der Waals surface area contributed by atoms with Crippen molar-refractivity contribution in [3.8, 4) is 0 Å². The molecule has 0 radical (unpaired) electrons. The third-order valence-electron chi connectivity index (χ3n) is 4.90. The first-order valence-corrected chi connectivity index (χ1v) is 8.86. The summed E-state index contributed by atoms with van der Waals surface area (Å²) in [6.07, 6.45) is 5.31. The minimum atomic E-state index is 0. The Bertz CT molecular complexity index is 761. The van der Waals surface area contributed by atoms with Gasteiger partial charge in [0.05, 0.1) is 18.3 Å². The van der Waals surface area contributed by atoms with E-state index in [0.29, 0.717) is 18.7 Å². The van der Waals surface area contributed by atoms with E-state index in [1.54, 1.807) is 14.2 Å². The fourth-order valence-electron chi connectivity index (χ4n) is 3.17. The summed E-state index contributed by atoms with van der Waals surface area (Å²) in [5, 5.41) is 6.83. The van der Waals surface area contributed by atoms with Crippen LogP contribution in [0.2, 0.25) is 0 Å². The lowest BCUT2D eigenvalue weighted by atomic mass is 9.64. The molecule has 6 nitrogen and oxygen atoms in total. The third-order valence-corrected chi connectivity index (χ3v) is 5.37. The minimum Gasteiger partial charge on any atom is -0.381 e. The van der Waals surface area contributed by atoms with E-state index in [-0.39, 0.29) is 29.4 Å². The second-order valence-corrected chi connectivity index (χ2v) is 7.66. The maximum atomic E-state index is 5.50. The van der Waals surface area contributed by atoms with Gasteiger partial charge in [0.25, 0.3) is 0 Å². The van der Waals surface area contributed by atoms with Gasteiger partial charge >= 0.3 is 0 Å². The molecule has 2 unspecified atom stereocenters. The lowest BCUT2D eigenvalue weighted by Gasteiger charge is -2.51. The molecule has 0 saturated heterocycles. The van der Waals surface area contributed by atoms with Gasteiger partial charge in [0.15, 0.2) is 5.96 Å². The summed E-state index contributed by atoms with van der Waals surface area (Å²) in [4.78, 5) is 8.93. The molecule has 138 valence electrons. The zero-order valence-electron chi connectivity index (χ0n) is 14.9. The molecule has 1 aliphatic rings. The molecule has 2 N–H and O–H groups in total. The second-order valence-electron chi connectivity index (χ2n) is 6.75. The normalized spacial score (nSPS) is 22.2. The topological polar surface area (TPSA) is 63.0 Å². The molecule has 0 spiro atoms. The van der Waals surface area contributed by atoms with Crippen LogP contribution in [0.4, 0.5) is 0 Å². The van der Waals surface area contributed by atoms with Crippen molar-refractivity contribution in [3.05, 3.63) is 34.7 Å². The lowest BCUT2D eigenvalue weighted by molar-refractivity contribution is -0.0922. The maximum absolute atomic E-state index is 5.50. The number of pyridine rings is 1. The zero-order chi connectivity index (χ0) is 17.3. The molecule has 2 heterocycles. The number of rotatable bonds is 4. The van der Waals surface area contributed by atoms with Gasteiger partial charge < -0.3 is 19.8 Å². The van der Waals surface area contributed by atoms with Crippen molar-refractivity contribution in [1.29, 1.82) is 0 Å². The van der Waals surface area contributed by atoms with Gasteiger partial charge in [-0.25, -0.2) is 4.98 Å². The number of aliphatic imine (C=N–C) groups is 1. The predicted octanol–water partition coefficient (Wildman–Crippen LogP) is 3.19. The number of halogens is 2. The van der Waals surface area contributed by atoms with E-state index < -0.39 is 0 Å². The van der Waals surface area contributed by atoms with E-state index >= 15 is 0 Å². The van der Waals surface area contributed by atoms with Gasteiger partial charge in [0, 0.05) is 42.5 Å². The highest BCUT2D eigenvalue weighted by Crippen LogP contribution is 2.42. The van der Waals surface area contributed by atoms with E-state index in [9.17, 15) is 0 Å². The van der Waals surface area contributed by atoms with Crippen LogP contribution in [0.3, 0.4) is 0 Å². The van der Waals surface area contributed by atoms with Crippen molar-refractivity contribution in [3.63, 3.8) is 0 Å². The van der Waals surface area contributed by atoms with Gasteiger partial charge in [-0.05, 0) is 34.5 Å². The standard InChI is InChI=1S/C17H24BrN5O.HI/c1-17(2)13(7-14(17)24-4)22-16(19-3)20-8-12-10-23-9-11(18)5-6-15(23)21-12;/h5-6,9-10,13-14H,7-8H2,1-4H3,(H2,19,20,22);1H. The molecule has 25 heavy (non-hydrogen) atoms. The number of guanidine groups is 1. The Kier molecular flexibility index (Phi) is 6.72. The zero-order valence-corrected chi connectivity index (χ0v) is 18.8. The van der Waals surface area contributed by atoms with Gasteiger partial charge in [-0.1, -0.05) is 13.8 Å². The molecule has 2 atom stereocenters. The number of fused-ring (bicyclic) bond motifs is 1. The number of ether oxygens (including phenoxy) is 1. The fraction of sp³-hybridized carbons (Fsp3) is 0.529. The summed E-state index contributed by atoms with van der Waals surface area (Å²) < 4.78 is 8.54. The van der Waals surface area contributed by atoms with Crippen molar-refractivity contribution in [2.45, 2.75) is 39.0 Å². The molecule has 0 aliphatic heterocycles. The number of aromatic nitrogens is 2. The largest absolute Gasteiger partial charge is 0.381 e. The van der Waals surface area contributed by atoms with Gasteiger partial charge in [-0.15, -0.1) is 24.0 Å². The molecule has 0 bridgehead atoms. The fourth-order valence-corrected chi connectivity index (χ4v) is 3.52. The Morgan fingerprint density at radius 1 is 1.44 bits per heavy atom. The van der Waals surface area contributed by atoms with Crippen LogP contribution in [0.1, 0.15) is 26.0 Å². The van der Waals surface area contributed by atoms with Gasteiger partial charge in [0.1, 0.15) is 5.65 Å². The highest BCUT2D eigenvalue weighted by atomic mass is 127. The summed E-state index contributed by atoms with van der Waals surface area (Å²) in [6.45, 7) is 5.06. The molecule has 1 saturated carbocycles. The number of nitrogens with one attached hydrogen (secondary N) is 2. The monoisotopic (exact) mass is 521 g/mol. The number of imidazole rings is 1. The molecular weight excluding hydrogens is 497 g/mol. The molecule has 0 aromatic carbocycles. The summed E-state index contributed by atoms with van der Waals surface area (Å²) in [7, 11) is 3.56. The van der Waals surface area contributed by atoms with Gasteiger partial charge in [-0.3, -0.25) is 4.99 Å². The Morgan fingerprint density at radius 2 is 2.20 bits per heavy atom. The van der Waals surface area contributed by atoms with Crippen molar-refractivity contribution < 1.29 is 4.74 Å². The number of hydrogen-bond acceptors (Lipinski definition) is 3. The molecule has 8 heteroatoms. The Balaban J connectivity index is 0.00000225. The summed E-state index contributed by atoms with van der Waals surface area (Å²) in [5.74, 6) is 0.792. The first kappa shape index (κ1) is 20.4. The predicted molar refractivity (Wildman–Crippen MR) is 115 cm³/mol. The van der Waals surface area contributed by atoms with Gasteiger partial charge in [-0.2, -0.15) is 0 Å². The van der Waals surface area contributed by atoms with Crippen LogP contribution in [0, 0.1) is 5.41 Å². The van der Waals surface area contributed by atoms with Crippen LogP contribution < -0.4 is 10.6 Å². The highest BCUT2D eigenvalue weighted by molar-refractivity contribution is 14.0. The molecule has 1 aliphatic carbocycles. The summed E-state index contributed by atoms with van der Waals surface area (Å²) in [5.41, 5.74) is 2.00. The van der Waals surface area contributed by atoms with Gasteiger partial charge in [0.2, 0.25) is 0 Å². The first-order chi connectivity index (χ1) is 11.4. The second kappa shape index (κ2) is 8.22. The van der Waals surface area contributed by atoms with E-state index in [0.717, 1.165) is 28.2 Å². The maximum Gasteiger partial charge on any atom is 0.191 e. The van der Waals surface area contributed by atoms with E-state index in [1.165, 1.54) is 0 Å². The average Bonchev–Trinajstić information content (AvgIpc) is 2.95. The van der Waals surface area contributed by atoms with E-state index in [2.05, 4.69) is 50.4 Å². The van der Waals surface area contributed by atoms with Crippen molar-refractivity contribution in [2.24, 2.45) is 10.4 Å². The summed E-state index contributed by atoms with van der Waals surface area (Å²) in [6, 6.07) is 4.33. The van der Waals surface area contributed by atoms with Crippen LogP contribution in [0.15, 0.2) is 34.0 Å². The molecular formula is C17H25BrIN5O. The molecule has 2 aromatic heterocycles. The van der Waals surface area contributed by atoms with Crippen molar-refractivity contribution in [2.75, 3.05) is 14.2 Å². The molecule has 3 rings (SSSR count). The van der Waals surface area contributed by atoms with Crippen LogP contribution in [0.25, 0.3) is 5.65 Å². The Hall–Kier alpha value is -0.870. The van der Waals surface area contributed by atoms with Crippen molar-refractivity contribution >= 4 is 51.5 Å². The molecule has 0 amide bonds. The minimum absolute atomic E-state index is 0. The number of nitrogens with zero attached hydrogens (tertiary/aromatic N) is 3. The van der Waals surface area contributed by atoms with E-state index in [4.69, 9.17) is 4.74 Å². The average molecular weight is 522 g/mol. The third kappa shape index (κ3) is 4.28. The van der Waals surface area contributed by atoms with E-state index in [1.807, 2.05) is 28.9 Å². The van der Waals surface area contributed by atoms with Crippen LogP contribution in [-0.2, 0) is 11.3 Å². The number of hydrogen-bond donors (Lipinski definition) is 2. The Labute approximate surface area is 174 Å². The Morgan fingerprint density at radius 3 is 2.84 bits per heavy atom. The number of methoxy groups -OCH3 is 1. The molecule has 2 aromatic rings. The van der Waals surface area contributed by atoms with Crippen LogP contribution >= 0.6 is 39.9 Å². The summed E-state index contributed by atoms with van der Waals surface area (Å²) >= 11 is 3.47.